The predicted octanol–water partition coefficient (Wildman–Crippen LogP) is 4.78. The fourth-order valence-electron chi connectivity index (χ4n) is 6.15. The Hall–Kier alpha value is -5.68. The van der Waals surface area contributed by atoms with Crippen LogP contribution in [0.25, 0.3) is 22.6 Å². The van der Waals surface area contributed by atoms with Crippen LogP contribution in [0, 0.1) is 0 Å². The number of amides is 4. The lowest BCUT2D eigenvalue weighted by Crippen LogP contribution is -2.41. The number of benzene rings is 1. The number of carbonyl (C=O) groups excluding carboxylic acids is 4. The maximum Gasteiger partial charge on any atom is 0.272 e. The molecular formula is C36H37ClN10O5S. The third kappa shape index (κ3) is 7.90. The molecule has 5 N–H and O–H groups in total. The van der Waals surface area contributed by atoms with E-state index in [0.717, 1.165) is 25.3 Å². The Bertz CT molecular complexity index is 2340. The smallest absolute Gasteiger partial charge is 0.272 e. The molecule has 53 heavy (non-hydrogen) atoms. The van der Waals surface area contributed by atoms with Gasteiger partial charge >= 0.3 is 0 Å². The van der Waals surface area contributed by atoms with Crippen LogP contribution in [0.2, 0.25) is 5.02 Å². The molecule has 1 saturated heterocycles. The Kier molecular flexibility index (Phi) is 10.2. The lowest BCUT2D eigenvalue weighted by Gasteiger charge is -2.26. The first-order chi connectivity index (χ1) is 25.5. The van der Waals surface area contributed by atoms with E-state index in [4.69, 9.17) is 21.3 Å². The van der Waals surface area contributed by atoms with Gasteiger partial charge in [-0.1, -0.05) is 11.6 Å². The summed E-state index contributed by atoms with van der Waals surface area (Å²) in [6.07, 6.45) is 5.04. The summed E-state index contributed by atoms with van der Waals surface area (Å²) in [7, 11) is 5.25. The number of aromatic amines is 1. The van der Waals surface area contributed by atoms with Gasteiger partial charge in [0.25, 0.3) is 23.6 Å². The van der Waals surface area contributed by atoms with E-state index in [9.17, 15) is 19.2 Å². The summed E-state index contributed by atoms with van der Waals surface area (Å²) >= 11 is 7.30. The highest BCUT2D eigenvalue weighted by Crippen LogP contribution is 2.27. The highest BCUT2D eigenvalue weighted by molar-refractivity contribution is 7.12. The number of fused-ring (bicyclic) bond motifs is 1. The third-order valence-corrected chi connectivity index (χ3v) is 10.2. The zero-order chi connectivity index (χ0) is 37.2. The molecule has 5 aromatic heterocycles. The fraction of sp³-hybridized carbons (Fsp3) is 0.250. The minimum Gasteiger partial charge on any atom is -0.379 e. The summed E-state index contributed by atoms with van der Waals surface area (Å²) in [4.78, 5) is 62.6. The van der Waals surface area contributed by atoms with Gasteiger partial charge in [-0.2, -0.15) is 0 Å². The zero-order valence-corrected chi connectivity index (χ0v) is 30.7. The molecule has 6 aromatic rings. The monoisotopic (exact) mass is 756 g/mol. The van der Waals surface area contributed by atoms with E-state index in [1.807, 2.05) is 11.6 Å². The number of ether oxygens (including phenoxy) is 1. The highest BCUT2D eigenvalue weighted by Gasteiger charge is 2.20. The number of halogens is 1. The lowest BCUT2D eigenvalue weighted by atomic mass is 10.2. The lowest BCUT2D eigenvalue weighted by molar-refractivity contribution is 0.0383. The zero-order valence-electron chi connectivity index (χ0n) is 29.2. The van der Waals surface area contributed by atoms with Crippen molar-refractivity contribution in [3.05, 3.63) is 93.3 Å². The van der Waals surface area contributed by atoms with Crippen LogP contribution >= 0.6 is 22.9 Å². The van der Waals surface area contributed by atoms with E-state index in [0.29, 0.717) is 80.5 Å². The van der Waals surface area contributed by atoms with Gasteiger partial charge in [0, 0.05) is 71.5 Å². The van der Waals surface area contributed by atoms with Crippen LogP contribution in [0.5, 0.6) is 0 Å². The van der Waals surface area contributed by atoms with Gasteiger partial charge in [0.1, 0.15) is 16.3 Å². The van der Waals surface area contributed by atoms with Crippen LogP contribution in [0.3, 0.4) is 0 Å². The van der Waals surface area contributed by atoms with E-state index in [1.54, 1.807) is 89.7 Å². The van der Waals surface area contributed by atoms with E-state index in [2.05, 4.69) is 31.2 Å². The van der Waals surface area contributed by atoms with Crippen LogP contribution in [-0.4, -0.2) is 91.6 Å². The first kappa shape index (κ1) is 35.7. The molecule has 0 aliphatic carbocycles. The van der Waals surface area contributed by atoms with Crippen LogP contribution in [0.1, 0.15) is 41.0 Å². The van der Waals surface area contributed by atoms with Crippen molar-refractivity contribution in [3.8, 4) is 11.5 Å². The normalized spacial score (nSPS) is 13.3. The van der Waals surface area contributed by atoms with Crippen molar-refractivity contribution in [3.63, 3.8) is 0 Å². The Morgan fingerprint density at radius 2 is 1.43 bits per heavy atom. The Morgan fingerprint density at radius 3 is 2.08 bits per heavy atom. The summed E-state index contributed by atoms with van der Waals surface area (Å²) in [5, 5.41) is 13.6. The Morgan fingerprint density at radius 1 is 0.811 bits per heavy atom. The molecule has 0 radical (unpaired) electrons. The van der Waals surface area contributed by atoms with Crippen molar-refractivity contribution in [2.24, 2.45) is 21.1 Å². The van der Waals surface area contributed by atoms with Gasteiger partial charge in [-0.05, 0) is 47.8 Å². The molecule has 1 aliphatic rings. The maximum absolute atomic E-state index is 13.4. The van der Waals surface area contributed by atoms with Crippen molar-refractivity contribution in [2.45, 2.75) is 0 Å². The summed E-state index contributed by atoms with van der Waals surface area (Å²) in [5.41, 5.74) is 4.69. The molecule has 0 atom stereocenters. The van der Waals surface area contributed by atoms with Gasteiger partial charge in [0.15, 0.2) is 5.82 Å². The van der Waals surface area contributed by atoms with Gasteiger partial charge in [0.05, 0.1) is 52.0 Å². The minimum atomic E-state index is -0.422. The van der Waals surface area contributed by atoms with Crippen molar-refractivity contribution in [1.29, 1.82) is 0 Å². The number of rotatable bonds is 11. The number of H-pyrrole nitrogens is 1. The largest absolute Gasteiger partial charge is 0.379 e. The SMILES string of the molecule is Cn1cc(NC(=O)c2sccc2Cl)cc1C(=O)Nc1cc(C(=O)Nc2cc(-c3nc4ccc(C(=O)NCCN5CCOCC5)cc4[nH]3)n(C)c2)n(C)c1. The first-order valence-corrected chi connectivity index (χ1v) is 18.0. The minimum absolute atomic E-state index is 0.154. The molecule has 0 unspecified atom stereocenters. The molecule has 1 aliphatic heterocycles. The summed E-state index contributed by atoms with van der Waals surface area (Å²) in [5.74, 6) is -0.741. The Labute approximate surface area is 312 Å². The maximum atomic E-state index is 13.4. The molecule has 274 valence electrons. The number of nitrogens with one attached hydrogen (secondary N) is 5. The fourth-order valence-corrected chi connectivity index (χ4v) is 7.18. The molecule has 4 amide bonds. The molecule has 0 spiro atoms. The van der Waals surface area contributed by atoms with Crippen LogP contribution in [0.4, 0.5) is 17.1 Å². The van der Waals surface area contributed by atoms with Gasteiger partial charge in [-0.25, -0.2) is 4.98 Å². The number of hydrogen-bond acceptors (Lipinski definition) is 8. The number of carbonyl (C=O) groups is 4. The molecule has 17 heteroatoms. The molecule has 15 nitrogen and oxygen atoms in total. The number of hydrogen-bond donors (Lipinski definition) is 5. The van der Waals surface area contributed by atoms with Crippen LogP contribution in [-0.2, 0) is 25.9 Å². The van der Waals surface area contributed by atoms with Gasteiger partial charge in [-0.3, -0.25) is 24.1 Å². The molecule has 1 aromatic carbocycles. The average Bonchev–Trinajstić information content (AvgIpc) is 3.96. The number of nitrogens with zero attached hydrogens (tertiary/aromatic N) is 5. The molecule has 1 fully saturated rings. The van der Waals surface area contributed by atoms with Gasteiger partial charge in [-0.15, -0.1) is 11.3 Å². The quantitative estimate of drug-likeness (QED) is 0.127. The summed E-state index contributed by atoms with van der Waals surface area (Å²) in [6.45, 7) is 4.48. The topological polar surface area (TPSA) is 172 Å². The number of anilines is 3. The number of aryl methyl sites for hydroxylation is 3. The molecular weight excluding hydrogens is 720 g/mol. The third-order valence-electron chi connectivity index (χ3n) is 8.88. The summed E-state index contributed by atoms with van der Waals surface area (Å²) in [6, 6.07) is 11.9. The Balaban J connectivity index is 0.973. The highest BCUT2D eigenvalue weighted by atomic mass is 35.5. The van der Waals surface area contributed by atoms with Crippen molar-refractivity contribution in [1.82, 2.24) is 33.9 Å². The predicted molar refractivity (Wildman–Crippen MR) is 204 cm³/mol. The number of morpholine rings is 1. The van der Waals surface area contributed by atoms with Crippen molar-refractivity contribution < 1.29 is 23.9 Å². The molecule has 0 bridgehead atoms. The van der Waals surface area contributed by atoms with Gasteiger partial charge in [0.2, 0.25) is 0 Å². The number of imidazole rings is 1. The second-order valence-electron chi connectivity index (χ2n) is 12.7. The molecule has 0 saturated carbocycles. The van der Waals surface area contributed by atoms with Crippen LogP contribution < -0.4 is 21.3 Å². The second kappa shape index (κ2) is 15.1. The summed E-state index contributed by atoms with van der Waals surface area (Å²) < 4.78 is 10.4. The standard InChI is InChI=1S/C36H37ClN10O5S/c1-44-18-22(15-28(44)32-42-26-5-4-21(14-27(26)43-32)33(48)38-7-8-47-9-11-52-12-10-47)39-34(49)29-16-23(19-45(29)2)40-35(50)30-17-24(20-46(30)3)41-36(51)31-25(37)6-13-53-31/h4-6,13-20H,7-12H2,1-3H3,(H,38,48)(H,39,49)(H,40,50)(H,41,51)(H,42,43). The van der Waals surface area contributed by atoms with Crippen molar-refractivity contribution >= 4 is 74.7 Å². The second-order valence-corrected chi connectivity index (χ2v) is 14.0. The van der Waals surface area contributed by atoms with Crippen molar-refractivity contribution in [2.75, 3.05) is 55.3 Å². The first-order valence-electron chi connectivity index (χ1n) is 16.8. The number of thiophene rings is 1. The molecule has 6 heterocycles. The van der Waals surface area contributed by atoms with Gasteiger partial charge < -0.3 is 44.7 Å². The average molecular weight is 757 g/mol. The van der Waals surface area contributed by atoms with E-state index >= 15 is 0 Å². The van der Waals surface area contributed by atoms with E-state index in [1.165, 1.54) is 11.3 Å². The molecule has 7 rings (SSSR count). The number of aromatic nitrogens is 5. The van der Waals surface area contributed by atoms with E-state index in [-0.39, 0.29) is 17.7 Å². The van der Waals surface area contributed by atoms with Crippen LogP contribution in [0.15, 0.2) is 66.4 Å². The van der Waals surface area contributed by atoms with E-state index < -0.39 is 5.91 Å².